The highest BCUT2D eigenvalue weighted by Gasteiger charge is 2.27. The molecule has 1 saturated heterocycles. The Bertz CT molecular complexity index is 740. The Morgan fingerprint density at radius 3 is 2.81 bits per heavy atom. The van der Waals surface area contributed by atoms with Crippen LogP contribution in [0, 0.1) is 12.8 Å². The first-order chi connectivity index (χ1) is 13.0. The molecule has 2 N–H and O–H groups in total. The van der Waals surface area contributed by atoms with Crippen LogP contribution in [0.2, 0.25) is 0 Å². The molecule has 2 aromatic rings. The predicted octanol–water partition coefficient (Wildman–Crippen LogP) is 3.40. The number of piperazine rings is 1. The molecule has 0 bridgehead atoms. The fraction of sp³-hybridized carbons (Fsp3) is 0.636. The zero-order chi connectivity index (χ0) is 19.4. The standard InChI is InChI=1S/C22H35N3O2/c1-16(2)7-9-25-11-10-24(14-18(25)8-12-26)15-22-17(3)20-13-19(27-4)5-6-21(20)23-22/h5-6,13,16,18,23,26H,7-12,14-15H2,1-4H3/t18-/m1/s1. The van der Waals surface area contributed by atoms with Crippen LogP contribution in [0.1, 0.15) is 37.9 Å². The molecule has 0 unspecified atom stereocenters. The van der Waals surface area contributed by atoms with Crippen molar-refractivity contribution in [2.75, 3.05) is 39.9 Å². The molecule has 0 saturated carbocycles. The second kappa shape index (κ2) is 9.09. The van der Waals surface area contributed by atoms with E-state index in [-0.39, 0.29) is 6.61 Å². The molecule has 1 aromatic carbocycles. The quantitative estimate of drug-likeness (QED) is 0.745. The molecule has 3 rings (SSSR count). The summed E-state index contributed by atoms with van der Waals surface area (Å²) in [6.45, 7) is 12.3. The van der Waals surface area contributed by atoms with Gasteiger partial charge in [0, 0.05) is 55.4 Å². The number of fused-ring (bicyclic) bond motifs is 1. The van der Waals surface area contributed by atoms with Gasteiger partial charge in [-0.3, -0.25) is 9.80 Å². The smallest absolute Gasteiger partial charge is 0.119 e. The van der Waals surface area contributed by atoms with Crippen molar-refractivity contribution in [2.24, 2.45) is 5.92 Å². The number of rotatable bonds is 8. The van der Waals surface area contributed by atoms with Gasteiger partial charge in [-0.1, -0.05) is 13.8 Å². The summed E-state index contributed by atoms with van der Waals surface area (Å²) in [5.74, 6) is 1.63. The molecule has 2 heterocycles. The molecule has 0 radical (unpaired) electrons. The Balaban J connectivity index is 1.69. The maximum absolute atomic E-state index is 9.52. The average Bonchev–Trinajstić information content (AvgIpc) is 2.96. The highest BCUT2D eigenvalue weighted by molar-refractivity contribution is 5.85. The van der Waals surface area contributed by atoms with Crippen LogP contribution < -0.4 is 4.74 Å². The number of H-pyrrole nitrogens is 1. The summed E-state index contributed by atoms with van der Waals surface area (Å²) in [6, 6.07) is 6.67. The van der Waals surface area contributed by atoms with Crippen LogP contribution in [0.3, 0.4) is 0 Å². The number of nitrogens with one attached hydrogen (secondary N) is 1. The molecule has 150 valence electrons. The van der Waals surface area contributed by atoms with Crippen LogP contribution in [0.15, 0.2) is 18.2 Å². The first-order valence-corrected chi connectivity index (χ1v) is 10.2. The van der Waals surface area contributed by atoms with Gasteiger partial charge >= 0.3 is 0 Å². The van der Waals surface area contributed by atoms with Gasteiger partial charge in [0.25, 0.3) is 0 Å². The van der Waals surface area contributed by atoms with E-state index < -0.39 is 0 Å². The van der Waals surface area contributed by atoms with Crippen molar-refractivity contribution in [3.05, 3.63) is 29.5 Å². The van der Waals surface area contributed by atoms with Gasteiger partial charge in [0.05, 0.1) is 7.11 Å². The first-order valence-electron chi connectivity index (χ1n) is 10.2. The SMILES string of the molecule is COc1ccc2[nH]c(CN3CCN(CCC(C)C)[C@H](CCO)C3)c(C)c2c1. The van der Waals surface area contributed by atoms with Crippen molar-refractivity contribution >= 4 is 10.9 Å². The molecule has 1 aromatic heterocycles. The van der Waals surface area contributed by atoms with Crippen molar-refractivity contribution in [2.45, 2.75) is 46.2 Å². The number of aryl methyl sites for hydroxylation is 1. The van der Waals surface area contributed by atoms with Crippen LogP contribution in [-0.2, 0) is 6.54 Å². The lowest BCUT2D eigenvalue weighted by Gasteiger charge is -2.41. The van der Waals surface area contributed by atoms with Crippen LogP contribution in [0.5, 0.6) is 5.75 Å². The number of nitrogens with zero attached hydrogens (tertiary/aromatic N) is 2. The zero-order valence-electron chi connectivity index (χ0n) is 17.3. The molecule has 1 fully saturated rings. The molecule has 0 amide bonds. The fourth-order valence-electron chi connectivity index (χ4n) is 4.11. The van der Waals surface area contributed by atoms with Gasteiger partial charge in [-0.25, -0.2) is 0 Å². The number of benzene rings is 1. The molecule has 5 nitrogen and oxygen atoms in total. The predicted molar refractivity (Wildman–Crippen MR) is 111 cm³/mol. The molecule has 0 aliphatic carbocycles. The Morgan fingerprint density at radius 2 is 2.11 bits per heavy atom. The number of ether oxygens (including phenoxy) is 1. The summed E-state index contributed by atoms with van der Waals surface area (Å²) in [4.78, 5) is 8.71. The van der Waals surface area contributed by atoms with Crippen LogP contribution >= 0.6 is 0 Å². The third kappa shape index (κ3) is 4.84. The second-order valence-corrected chi connectivity index (χ2v) is 8.26. The highest BCUT2D eigenvalue weighted by atomic mass is 16.5. The number of aromatic amines is 1. The summed E-state index contributed by atoms with van der Waals surface area (Å²) in [5, 5.41) is 10.8. The minimum atomic E-state index is 0.266. The number of hydrogen-bond acceptors (Lipinski definition) is 4. The van der Waals surface area contributed by atoms with E-state index in [9.17, 15) is 5.11 Å². The van der Waals surface area contributed by atoms with E-state index in [1.165, 1.54) is 28.6 Å². The Morgan fingerprint density at radius 1 is 1.30 bits per heavy atom. The largest absolute Gasteiger partial charge is 0.497 e. The van der Waals surface area contributed by atoms with Crippen molar-refractivity contribution in [3.8, 4) is 5.75 Å². The number of hydrogen-bond donors (Lipinski definition) is 2. The summed E-state index contributed by atoms with van der Waals surface area (Å²) in [7, 11) is 1.71. The minimum Gasteiger partial charge on any atom is -0.497 e. The average molecular weight is 374 g/mol. The molecule has 1 atom stereocenters. The van der Waals surface area contributed by atoms with Crippen LogP contribution in [0.25, 0.3) is 10.9 Å². The van der Waals surface area contributed by atoms with Gasteiger partial charge in [-0.05, 0) is 56.0 Å². The summed E-state index contributed by atoms with van der Waals surface area (Å²) < 4.78 is 5.38. The van der Waals surface area contributed by atoms with E-state index in [2.05, 4.69) is 47.7 Å². The molecular formula is C22H35N3O2. The topological polar surface area (TPSA) is 51.7 Å². The van der Waals surface area contributed by atoms with Gasteiger partial charge in [-0.2, -0.15) is 0 Å². The van der Waals surface area contributed by atoms with Gasteiger partial charge < -0.3 is 14.8 Å². The van der Waals surface area contributed by atoms with Crippen molar-refractivity contribution in [1.82, 2.24) is 14.8 Å². The zero-order valence-corrected chi connectivity index (χ0v) is 17.3. The lowest BCUT2D eigenvalue weighted by Crippen LogP contribution is -2.53. The van der Waals surface area contributed by atoms with E-state index in [4.69, 9.17) is 4.74 Å². The summed E-state index contributed by atoms with van der Waals surface area (Å²) in [6.07, 6.45) is 2.09. The van der Waals surface area contributed by atoms with Gasteiger partial charge in [-0.15, -0.1) is 0 Å². The monoisotopic (exact) mass is 373 g/mol. The van der Waals surface area contributed by atoms with Gasteiger partial charge in [0.15, 0.2) is 0 Å². The fourth-order valence-corrected chi connectivity index (χ4v) is 4.11. The maximum Gasteiger partial charge on any atom is 0.119 e. The molecule has 1 aliphatic heterocycles. The third-order valence-electron chi connectivity index (χ3n) is 5.90. The Hall–Kier alpha value is -1.56. The van der Waals surface area contributed by atoms with Gasteiger partial charge in [0.1, 0.15) is 5.75 Å². The van der Waals surface area contributed by atoms with Crippen LogP contribution in [0.4, 0.5) is 0 Å². The molecule has 0 spiro atoms. The number of aliphatic hydroxyl groups excluding tert-OH is 1. The number of aromatic nitrogens is 1. The van der Waals surface area contributed by atoms with E-state index in [1.54, 1.807) is 7.11 Å². The Kier molecular flexibility index (Phi) is 6.79. The molecule has 1 aliphatic rings. The van der Waals surface area contributed by atoms with Crippen molar-refractivity contribution in [1.29, 1.82) is 0 Å². The van der Waals surface area contributed by atoms with E-state index in [0.717, 1.165) is 50.8 Å². The van der Waals surface area contributed by atoms with Crippen molar-refractivity contribution < 1.29 is 9.84 Å². The first kappa shape index (κ1) is 20.2. The van der Waals surface area contributed by atoms with E-state index in [1.807, 2.05) is 6.07 Å². The van der Waals surface area contributed by atoms with E-state index in [0.29, 0.717) is 6.04 Å². The molecule has 27 heavy (non-hydrogen) atoms. The third-order valence-corrected chi connectivity index (χ3v) is 5.90. The maximum atomic E-state index is 9.52. The number of aliphatic hydroxyl groups is 1. The Labute approximate surface area is 163 Å². The molecular weight excluding hydrogens is 338 g/mol. The lowest BCUT2D eigenvalue weighted by molar-refractivity contribution is 0.0518. The summed E-state index contributed by atoms with van der Waals surface area (Å²) >= 11 is 0. The van der Waals surface area contributed by atoms with Crippen LogP contribution in [-0.4, -0.2) is 65.8 Å². The van der Waals surface area contributed by atoms with Gasteiger partial charge in [0.2, 0.25) is 0 Å². The lowest BCUT2D eigenvalue weighted by atomic mass is 10.0. The number of methoxy groups -OCH3 is 1. The normalized spacial score (nSPS) is 19.3. The van der Waals surface area contributed by atoms with Crippen molar-refractivity contribution in [3.63, 3.8) is 0 Å². The summed E-state index contributed by atoms with van der Waals surface area (Å²) in [5.41, 5.74) is 3.77. The molecule has 5 heteroatoms. The highest BCUT2D eigenvalue weighted by Crippen LogP contribution is 2.27. The minimum absolute atomic E-state index is 0.266. The second-order valence-electron chi connectivity index (χ2n) is 8.26. The van der Waals surface area contributed by atoms with E-state index >= 15 is 0 Å².